The second-order valence-corrected chi connectivity index (χ2v) is 10.7. The Morgan fingerprint density at radius 3 is 2.06 bits per heavy atom. The van der Waals surface area contributed by atoms with Gasteiger partial charge in [-0.2, -0.15) is 0 Å². The predicted molar refractivity (Wildman–Crippen MR) is 148 cm³/mol. The first-order valence-electron chi connectivity index (χ1n) is 12.4. The molecule has 1 fully saturated rings. The van der Waals surface area contributed by atoms with Crippen LogP contribution in [0.25, 0.3) is 54.9 Å². The summed E-state index contributed by atoms with van der Waals surface area (Å²) in [6.45, 7) is 8.37. The van der Waals surface area contributed by atoms with Gasteiger partial charge in [0.25, 0.3) is 0 Å². The highest BCUT2D eigenvalue weighted by atomic mass is 16.7. The van der Waals surface area contributed by atoms with Gasteiger partial charge >= 0.3 is 7.12 Å². The van der Waals surface area contributed by atoms with Crippen molar-refractivity contribution in [3.63, 3.8) is 0 Å². The van der Waals surface area contributed by atoms with Crippen LogP contribution in [-0.4, -0.2) is 23.3 Å². The summed E-state index contributed by atoms with van der Waals surface area (Å²) in [5.74, 6) is 0.633. The zero-order chi connectivity index (χ0) is 24.7. The van der Waals surface area contributed by atoms with Crippen molar-refractivity contribution in [3.05, 3.63) is 84.9 Å². The molecule has 0 spiro atoms. The van der Waals surface area contributed by atoms with Crippen molar-refractivity contribution in [1.82, 2.24) is 4.98 Å². The molecule has 4 nitrogen and oxygen atoms in total. The van der Waals surface area contributed by atoms with Gasteiger partial charge in [0.05, 0.1) is 11.2 Å². The molecule has 1 saturated heterocycles. The van der Waals surface area contributed by atoms with Gasteiger partial charge in [-0.25, -0.2) is 4.98 Å². The first kappa shape index (κ1) is 21.6. The molecule has 0 atom stereocenters. The molecule has 1 aliphatic rings. The maximum Gasteiger partial charge on any atom is 0.495 e. The second-order valence-electron chi connectivity index (χ2n) is 10.7. The Balaban J connectivity index is 1.54. The summed E-state index contributed by atoms with van der Waals surface area (Å²) in [6, 6.07) is 29.3. The van der Waals surface area contributed by atoms with Crippen molar-refractivity contribution >= 4 is 56.0 Å². The van der Waals surface area contributed by atoms with Gasteiger partial charge in [-0.1, -0.05) is 66.7 Å². The Morgan fingerprint density at radius 2 is 1.31 bits per heavy atom. The molecule has 0 saturated carbocycles. The largest absolute Gasteiger partial charge is 0.495 e. The average molecular weight is 471 g/mol. The molecule has 2 heterocycles. The van der Waals surface area contributed by atoms with E-state index in [0.29, 0.717) is 5.89 Å². The minimum absolute atomic E-state index is 0.406. The molecule has 5 heteroatoms. The van der Waals surface area contributed by atoms with Crippen LogP contribution in [0.3, 0.4) is 0 Å². The maximum atomic E-state index is 6.47. The zero-order valence-electron chi connectivity index (χ0n) is 20.8. The number of aromatic nitrogens is 1. The van der Waals surface area contributed by atoms with Crippen molar-refractivity contribution in [2.45, 2.75) is 38.9 Å². The molecule has 0 aliphatic carbocycles. The zero-order valence-corrected chi connectivity index (χ0v) is 20.8. The molecule has 1 aromatic heterocycles. The number of benzene rings is 5. The number of oxazole rings is 1. The van der Waals surface area contributed by atoms with Crippen molar-refractivity contribution < 1.29 is 13.7 Å². The fraction of sp³-hybridized carbons (Fsp3) is 0.194. The predicted octanol–water partition coefficient (Wildman–Crippen LogP) is 7.25. The lowest BCUT2D eigenvalue weighted by Crippen LogP contribution is -2.41. The summed E-state index contributed by atoms with van der Waals surface area (Å²) >= 11 is 0. The SMILES string of the molecule is CC1(C)OB(c2cc3ccc4ccc5nc(-c6ccccc6)oc5c4c3c3ccccc23)OC1(C)C. The summed E-state index contributed by atoms with van der Waals surface area (Å²) in [6.07, 6.45) is 0. The van der Waals surface area contributed by atoms with Gasteiger partial charge in [0.1, 0.15) is 5.52 Å². The van der Waals surface area contributed by atoms with E-state index in [2.05, 4.69) is 76.2 Å². The first-order chi connectivity index (χ1) is 17.3. The van der Waals surface area contributed by atoms with Gasteiger partial charge in [0.15, 0.2) is 5.58 Å². The highest BCUT2D eigenvalue weighted by Crippen LogP contribution is 2.40. The number of fused-ring (bicyclic) bond motifs is 7. The minimum atomic E-state index is -0.439. The third kappa shape index (κ3) is 3.06. The number of nitrogens with zero attached hydrogens (tertiary/aromatic N) is 1. The van der Waals surface area contributed by atoms with Crippen molar-refractivity contribution in [2.24, 2.45) is 0 Å². The van der Waals surface area contributed by atoms with Gasteiger partial charge in [-0.15, -0.1) is 0 Å². The Kier molecular flexibility index (Phi) is 4.45. The lowest BCUT2D eigenvalue weighted by molar-refractivity contribution is 0.00578. The Morgan fingerprint density at radius 1 is 0.667 bits per heavy atom. The Hall–Kier alpha value is -3.67. The van der Waals surface area contributed by atoms with E-state index in [0.717, 1.165) is 54.4 Å². The number of rotatable bonds is 2. The van der Waals surface area contributed by atoms with E-state index in [-0.39, 0.29) is 0 Å². The van der Waals surface area contributed by atoms with E-state index >= 15 is 0 Å². The molecular formula is C31H26BNO3. The third-order valence-corrected chi connectivity index (χ3v) is 7.92. The van der Waals surface area contributed by atoms with E-state index in [1.807, 2.05) is 36.4 Å². The highest BCUT2D eigenvalue weighted by Gasteiger charge is 2.52. The van der Waals surface area contributed by atoms with Gasteiger partial charge in [0, 0.05) is 16.3 Å². The molecule has 0 N–H and O–H groups in total. The monoisotopic (exact) mass is 471 g/mol. The van der Waals surface area contributed by atoms with Crippen molar-refractivity contribution in [1.29, 1.82) is 0 Å². The fourth-order valence-electron chi connectivity index (χ4n) is 5.29. The van der Waals surface area contributed by atoms with Crippen LogP contribution >= 0.6 is 0 Å². The molecule has 6 aromatic rings. The van der Waals surface area contributed by atoms with Crippen LogP contribution in [0.4, 0.5) is 0 Å². The normalized spacial score (nSPS) is 17.1. The average Bonchev–Trinajstić information content (AvgIpc) is 3.41. The lowest BCUT2D eigenvalue weighted by atomic mass is 9.74. The summed E-state index contributed by atoms with van der Waals surface area (Å²) in [5.41, 5.74) is 2.87. The summed E-state index contributed by atoms with van der Waals surface area (Å²) in [7, 11) is -0.439. The van der Waals surface area contributed by atoms with E-state index in [1.54, 1.807) is 0 Å². The molecule has 176 valence electrons. The molecule has 0 radical (unpaired) electrons. The summed E-state index contributed by atoms with van der Waals surface area (Å²) in [5, 5.41) is 6.75. The van der Waals surface area contributed by atoms with Crippen LogP contribution in [0, 0.1) is 0 Å². The smallest absolute Gasteiger partial charge is 0.435 e. The van der Waals surface area contributed by atoms with Crippen LogP contribution < -0.4 is 5.46 Å². The highest BCUT2D eigenvalue weighted by molar-refractivity contribution is 6.66. The van der Waals surface area contributed by atoms with Crippen LogP contribution in [0.1, 0.15) is 27.7 Å². The quantitative estimate of drug-likeness (QED) is 0.197. The third-order valence-electron chi connectivity index (χ3n) is 7.92. The van der Waals surface area contributed by atoms with Gasteiger partial charge in [0.2, 0.25) is 5.89 Å². The van der Waals surface area contributed by atoms with E-state index in [1.165, 1.54) is 0 Å². The minimum Gasteiger partial charge on any atom is -0.435 e. The standard InChI is InChI=1S/C31H26BNO3/c1-30(2)31(3,4)36-32(35-30)24-18-21-15-14-19-16-17-25-28(34-29(33-25)20-10-6-5-7-11-20)27(19)26(21)23-13-9-8-12-22(23)24/h5-18H,1-4H3. The molecule has 7 rings (SSSR count). The topological polar surface area (TPSA) is 44.5 Å². The molecule has 0 amide bonds. The molecule has 1 aliphatic heterocycles. The van der Waals surface area contributed by atoms with Gasteiger partial charge in [-0.05, 0) is 72.9 Å². The summed E-state index contributed by atoms with van der Waals surface area (Å²) in [4.78, 5) is 4.83. The van der Waals surface area contributed by atoms with Crippen LogP contribution in [0.5, 0.6) is 0 Å². The van der Waals surface area contributed by atoms with Crippen LogP contribution in [-0.2, 0) is 9.31 Å². The second kappa shape index (κ2) is 7.42. The van der Waals surface area contributed by atoms with E-state index in [9.17, 15) is 0 Å². The van der Waals surface area contributed by atoms with Crippen LogP contribution in [0.2, 0.25) is 0 Å². The van der Waals surface area contributed by atoms with E-state index < -0.39 is 18.3 Å². The number of hydrogen-bond acceptors (Lipinski definition) is 4. The van der Waals surface area contributed by atoms with Crippen molar-refractivity contribution in [3.8, 4) is 11.5 Å². The number of hydrogen-bond donors (Lipinski definition) is 0. The van der Waals surface area contributed by atoms with E-state index in [4.69, 9.17) is 18.7 Å². The molecule has 36 heavy (non-hydrogen) atoms. The summed E-state index contributed by atoms with van der Waals surface area (Å²) < 4.78 is 19.4. The van der Waals surface area contributed by atoms with Gasteiger partial charge < -0.3 is 13.7 Å². The molecule has 5 aromatic carbocycles. The maximum absolute atomic E-state index is 6.47. The first-order valence-corrected chi connectivity index (χ1v) is 12.4. The Labute approximate surface area is 210 Å². The lowest BCUT2D eigenvalue weighted by Gasteiger charge is -2.32. The molecular weight excluding hydrogens is 445 g/mol. The molecule has 0 bridgehead atoms. The molecule has 0 unspecified atom stereocenters. The fourth-order valence-corrected chi connectivity index (χ4v) is 5.29. The van der Waals surface area contributed by atoms with Gasteiger partial charge in [-0.3, -0.25) is 0 Å². The van der Waals surface area contributed by atoms with Crippen LogP contribution in [0.15, 0.2) is 89.3 Å². The van der Waals surface area contributed by atoms with Crippen molar-refractivity contribution in [2.75, 3.05) is 0 Å². The Bertz CT molecular complexity index is 1790.